The lowest BCUT2D eigenvalue weighted by molar-refractivity contribution is -0.0409. The Bertz CT molecular complexity index is 766. The van der Waals surface area contributed by atoms with Crippen LogP contribution in [-0.4, -0.2) is 60.8 Å². The van der Waals surface area contributed by atoms with E-state index in [2.05, 4.69) is 15.0 Å². The van der Waals surface area contributed by atoms with Gasteiger partial charge in [0.25, 0.3) is 0 Å². The Labute approximate surface area is 142 Å². The first-order valence-corrected chi connectivity index (χ1v) is 8.32. The van der Waals surface area contributed by atoms with E-state index in [4.69, 9.17) is 15.2 Å². The third-order valence-electron chi connectivity index (χ3n) is 4.77. The number of fused-ring (bicyclic) bond motifs is 1. The number of nitrogens with two attached hydrogens (primary N) is 1. The van der Waals surface area contributed by atoms with Crippen molar-refractivity contribution in [3.05, 3.63) is 6.33 Å². The van der Waals surface area contributed by atoms with Gasteiger partial charge in [0.15, 0.2) is 23.2 Å². The molecule has 25 heavy (non-hydrogen) atoms. The second-order valence-electron chi connectivity index (χ2n) is 6.44. The van der Waals surface area contributed by atoms with Crippen molar-refractivity contribution in [1.82, 2.24) is 19.5 Å². The summed E-state index contributed by atoms with van der Waals surface area (Å²) in [4.78, 5) is 12.6. The van der Waals surface area contributed by atoms with Crippen molar-refractivity contribution >= 4 is 17.0 Å². The quantitative estimate of drug-likeness (QED) is 0.717. The molecule has 1 saturated carbocycles. The van der Waals surface area contributed by atoms with Gasteiger partial charge in [0.2, 0.25) is 0 Å². The zero-order valence-electron chi connectivity index (χ0n) is 13.5. The van der Waals surface area contributed by atoms with Crippen molar-refractivity contribution in [2.45, 2.75) is 56.3 Å². The van der Waals surface area contributed by atoms with Crippen LogP contribution in [0.5, 0.6) is 6.01 Å². The molecule has 0 aromatic carbocycles. The van der Waals surface area contributed by atoms with Crippen molar-refractivity contribution < 1.29 is 24.1 Å². The average Bonchev–Trinajstić information content (AvgIpc) is 3.30. The summed E-state index contributed by atoms with van der Waals surface area (Å²) in [5.41, 5.74) is 6.57. The molecule has 136 valence electrons. The number of aliphatic hydroxyl groups is 2. The Kier molecular flexibility index (Phi) is 4.18. The van der Waals surface area contributed by atoms with E-state index in [0.717, 1.165) is 25.7 Å². The molecule has 1 aliphatic carbocycles. The van der Waals surface area contributed by atoms with Gasteiger partial charge in [0.1, 0.15) is 31.1 Å². The number of alkyl halides is 1. The summed E-state index contributed by atoms with van der Waals surface area (Å²) < 4.78 is 25.5. The predicted molar refractivity (Wildman–Crippen MR) is 84.5 cm³/mol. The molecule has 10 heteroatoms. The van der Waals surface area contributed by atoms with Crippen LogP contribution >= 0.6 is 0 Å². The zero-order valence-corrected chi connectivity index (χ0v) is 13.5. The van der Waals surface area contributed by atoms with Crippen molar-refractivity contribution in [1.29, 1.82) is 0 Å². The molecule has 1 aliphatic heterocycles. The number of hydrogen-bond donors (Lipinski definition) is 3. The molecule has 0 spiro atoms. The van der Waals surface area contributed by atoms with Gasteiger partial charge in [-0.25, -0.2) is 9.37 Å². The maximum atomic E-state index is 12.9. The van der Waals surface area contributed by atoms with Crippen molar-refractivity contribution in [2.24, 2.45) is 0 Å². The molecular formula is C15H20FN5O4. The van der Waals surface area contributed by atoms with Crippen LogP contribution in [0.2, 0.25) is 0 Å². The number of nitrogen functional groups attached to an aromatic ring is 1. The fourth-order valence-electron chi connectivity index (χ4n) is 3.40. The first-order valence-electron chi connectivity index (χ1n) is 8.32. The lowest BCUT2D eigenvalue weighted by Gasteiger charge is -2.17. The monoisotopic (exact) mass is 353 g/mol. The molecule has 2 aromatic heterocycles. The Morgan fingerprint density at radius 2 is 2.04 bits per heavy atom. The lowest BCUT2D eigenvalue weighted by atomic mass is 10.1. The van der Waals surface area contributed by atoms with Gasteiger partial charge < -0.3 is 25.4 Å². The molecule has 1 saturated heterocycles. The predicted octanol–water partition coefficient (Wildman–Crippen LogP) is 0.319. The summed E-state index contributed by atoms with van der Waals surface area (Å²) >= 11 is 0. The molecule has 4 atom stereocenters. The molecule has 3 heterocycles. The molecule has 2 aliphatic rings. The number of anilines is 1. The fraction of sp³-hybridized carbons (Fsp3) is 0.667. The van der Waals surface area contributed by atoms with Crippen molar-refractivity contribution in [2.75, 3.05) is 12.4 Å². The highest BCUT2D eigenvalue weighted by Gasteiger charge is 2.44. The maximum absolute atomic E-state index is 12.9. The summed E-state index contributed by atoms with van der Waals surface area (Å²) in [5.74, 6) is 0.145. The highest BCUT2D eigenvalue weighted by Crippen LogP contribution is 2.33. The second kappa shape index (κ2) is 6.36. The lowest BCUT2D eigenvalue weighted by Crippen LogP contribution is -2.32. The minimum atomic E-state index is -1.33. The van der Waals surface area contributed by atoms with E-state index in [-0.39, 0.29) is 17.9 Å². The molecule has 2 fully saturated rings. The third kappa shape index (κ3) is 2.79. The molecule has 2 aromatic rings. The highest BCUT2D eigenvalue weighted by molar-refractivity contribution is 5.82. The van der Waals surface area contributed by atoms with E-state index < -0.39 is 31.2 Å². The van der Waals surface area contributed by atoms with Crippen LogP contribution in [0.1, 0.15) is 31.9 Å². The normalized spacial score (nSPS) is 30.4. The van der Waals surface area contributed by atoms with Crippen LogP contribution in [-0.2, 0) is 4.74 Å². The molecule has 4 rings (SSSR count). The molecule has 0 amide bonds. The number of rotatable bonds is 4. The number of ether oxygens (including phenoxy) is 2. The van der Waals surface area contributed by atoms with E-state index in [1.807, 2.05) is 0 Å². The molecular weight excluding hydrogens is 333 g/mol. The third-order valence-corrected chi connectivity index (χ3v) is 4.77. The second-order valence-corrected chi connectivity index (χ2v) is 6.44. The Balaban J connectivity index is 1.68. The number of halogens is 1. The van der Waals surface area contributed by atoms with Crippen LogP contribution in [0.4, 0.5) is 10.2 Å². The summed E-state index contributed by atoms with van der Waals surface area (Å²) in [6.07, 6.45) is 0.741. The van der Waals surface area contributed by atoms with Crippen molar-refractivity contribution in [3.63, 3.8) is 0 Å². The topological polar surface area (TPSA) is 129 Å². The molecule has 9 nitrogen and oxygen atoms in total. The Morgan fingerprint density at radius 3 is 2.72 bits per heavy atom. The Morgan fingerprint density at radius 1 is 1.28 bits per heavy atom. The first-order chi connectivity index (χ1) is 12.1. The van der Waals surface area contributed by atoms with Gasteiger partial charge in [0.05, 0.1) is 6.33 Å². The van der Waals surface area contributed by atoms with Gasteiger partial charge in [-0.1, -0.05) is 0 Å². The van der Waals surface area contributed by atoms with Gasteiger partial charge in [-0.2, -0.15) is 9.97 Å². The van der Waals surface area contributed by atoms with Crippen LogP contribution in [0.15, 0.2) is 6.33 Å². The van der Waals surface area contributed by atoms with Crippen LogP contribution in [0.3, 0.4) is 0 Å². The van der Waals surface area contributed by atoms with E-state index in [0.29, 0.717) is 11.2 Å². The summed E-state index contributed by atoms with van der Waals surface area (Å²) in [5, 5.41) is 20.0. The van der Waals surface area contributed by atoms with Gasteiger partial charge in [0, 0.05) is 0 Å². The summed E-state index contributed by atoms with van der Waals surface area (Å²) in [6, 6.07) is 0.133. The van der Waals surface area contributed by atoms with E-state index in [1.165, 1.54) is 10.9 Å². The summed E-state index contributed by atoms with van der Waals surface area (Å²) in [6.45, 7) is -0.908. The van der Waals surface area contributed by atoms with E-state index >= 15 is 0 Å². The minimum absolute atomic E-state index is 0.0549. The van der Waals surface area contributed by atoms with E-state index in [9.17, 15) is 14.6 Å². The molecule has 0 unspecified atom stereocenters. The maximum Gasteiger partial charge on any atom is 0.320 e. The smallest absolute Gasteiger partial charge is 0.320 e. The molecule has 0 radical (unpaired) electrons. The number of nitrogens with zero attached hydrogens (tertiary/aromatic N) is 4. The fourth-order valence-corrected chi connectivity index (χ4v) is 3.40. The molecule has 0 bridgehead atoms. The van der Waals surface area contributed by atoms with Gasteiger partial charge in [-0.05, 0) is 25.7 Å². The highest BCUT2D eigenvalue weighted by atomic mass is 19.1. The summed E-state index contributed by atoms with van der Waals surface area (Å²) in [7, 11) is 0. The number of imidazole rings is 1. The largest absolute Gasteiger partial charge is 0.460 e. The van der Waals surface area contributed by atoms with Crippen LogP contribution in [0, 0.1) is 0 Å². The van der Waals surface area contributed by atoms with Crippen LogP contribution < -0.4 is 10.5 Å². The zero-order chi connectivity index (χ0) is 17.6. The van der Waals surface area contributed by atoms with Crippen LogP contribution in [0.25, 0.3) is 11.2 Å². The molecule has 4 N–H and O–H groups in total. The number of aliphatic hydroxyl groups excluding tert-OH is 2. The van der Waals surface area contributed by atoms with Gasteiger partial charge in [-0.3, -0.25) is 4.57 Å². The van der Waals surface area contributed by atoms with Gasteiger partial charge >= 0.3 is 6.01 Å². The minimum Gasteiger partial charge on any atom is -0.460 e. The average molecular weight is 353 g/mol. The number of aromatic nitrogens is 4. The van der Waals surface area contributed by atoms with Gasteiger partial charge in [-0.15, -0.1) is 0 Å². The Hall–Kier alpha value is -2.04. The number of hydrogen-bond acceptors (Lipinski definition) is 8. The van der Waals surface area contributed by atoms with E-state index in [1.54, 1.807) is 0 Å². The standard InChI is InChI=1S/C15H20FN5O4/c16-5-8-10(22)11(23)14(25-8)21-6-18-9-12(17)19-15(20-13(9)21)24-7-3-1-2-4-7/h6-8,10-11,14,22-23H,1-5H2,(H2,17,19,20)/t8-,10-,11-,14-/m1/s1. The van der Waals surface area contributed by atoms with Crippen molar-refractivity contribution in [3.8, 4) is 6.01 Å². The first kappa shape index (κ1) is 16.4. The SMILES string of the molecule is Nc1nc(OC2CCCC2)nc2c1ncn2[C@@H]1O[C@H](CF)[C@@H](O)[C@H]1O.